The first kappa shape index (κ1) is 18.4. The number of carbonyl (C=O) groups excluding carboxylic acids is 3. The summed E-state index contributed by atoms with van der Waals surface area (Å²) in [6.07, 6.45) is 0.616. The van der Waals surface area contributed by atoms with Gasteiger partial charge in [0.2, 0.25) is 11.8 Å². The molecular formula is C16H15KN2O4S. The second kappa shape index (κ2) is 6.10. The summed E-state index contributed by atoms with van der Waals surface area (Å²) in [6.45, 7) is 1.84. The largest absolute Gasteiger partial charge is 1.00 e. The molecule has 4 atom stereocenters. The van der Waals surface area contributed by atoms with Crippen LogP contribution in [0, 0.1) is 0 Å². The van der Waals surface area contributed by atoms with Gasteiger partial charge < -0.3 is 20.1 Å². The van der Waals surface area contributed by atoms with Crippen molar-refractivity contribution in [1.82, 2.24) is 10.2 Å². The third-order valence-corrected chi connectivity index (χ3v) is 6.77. The van der Waals surface area contributed by atoms with Gasteiger partial charge in [-0.15, -0.1) is 11.8 Å². The number of carboxylic acids is 1. The summed E-state index contributed by atoms with van der Waals surface area (Å²) in [6, 6.07) is 8.63. The molecule has 24 heavy (non-hydrogen) atoms. The number of carbonyl (C=O) groups is 3. The average Bonchev–Trinajstić information content (AvgIpc) is 3.04. The summed E-state index contributed by atoms with van der Waals surface area (Å²) in [5, 5.41) is 13.9. The molecule has 0 radical (unpaired) electrons. The SMILES string of the molecule is C[C@]12C[C@@]1(C(=O)[O-])N1C(=O)[C@@H](NC(=O)Cc3ccccc3)[C@H]1S2.[K+]. The van der Waals surface area contributed by atoms with Gasteiger partial charge in [-0.1, -0.05) is 30.3 Å². The fourth-order valence-electron chi connectivity index (χ4n) is 3.71. The fourth-order valence-corrected chi connectivity index (χ4v) is 5.62. The maximum atomic E-state index is 12.3. The van der Waals surface area contributed by atoms with Crippen LogP contribution in [-0.2, 0) is 20.8 Å². The summed E-state index contributed by atoms with van der Waals surface area (Å²) in [5.41, 5.74) is -0.311. The van der Waals surface area contributed by atoms with Crippen LogP contribution in [-0.4, -0.2) is 44.4 Å². The smallest absolute Gasteiger partial charge is 0.548 e. The van der Waals surface area contributed by atoms with Crippen LogP contribution < -0.4 is 61.8 Å². The molecular weight excluding hydrogens is 355 g/mol. The number of hydrogen-bond acceptors (Lipinski definition) is 5. The molecule has 2 saturated heterocycles. The Balaban J connectivity index is 0.00000169. The zero-order valence-corrected chi connectivity index (χ0v) is 17.4. The summed E-state index contributed by atoms with van der Waals surface area (Å²) in [5.74, 6) is -1.75. The molecule has 2 heterocycles. The molecule has 6 nitrogen and oxygen atoms in total. The molecule has 0 unspecified atom stereocenters. The minimum absolute atomic E-state index is 0. The van der Waals surface area contributed by atoms with Gasteiger partial charge in [0.15, 0.2) is 0 Å². The number of hydrogen-bond donors (Lipinski definition) is 1. The van der Waals surface area contributed by atoms with Crippen molar-refractivity contribution in [3.8, 4) is 0 Å². The van der Waals surface area contributed by atoms with E-state index in [2.05, 4.69) is 5.32 Å². The Kier molecular flexibility index (Phi) is 4.68. The number of β-lactam (4-membered cyclic amide) rings is 1. The van der Waals surface area contributed by atoms with Crippen molar-refractivity contribution in [1.29, 1.82) is 0 Å². The second-order valence-corrected chi connectivity index (χ2v) is 8.10. The van der Waals surface area contributed by atoms with E-state index in [0.717, 1.165) is 5.56 Å². The van der Waals surface area contributed by atoms with Gasteiger partial charge in [-0.2, -0.15) is 0 Å². The molecule has 0 bridgehead atoms. The van der Waals surface area contributed by atoms with E-state index < -0.39 is 22.3 Å². The van der Waals surface area contributed by atoms with Gasteiger partial charge in [-0.3, -0.25) is 9.59 Å². The van der Waals surface area contributed by atoms with Crippen LogP contribution in [0.4, 0.5) is 0 Å². The molecule has 1 aromatic carbocycles. The third kappa shape index (κ3) is 2.42. The number of amides is 2. The van der Waals surface area contributed by atoms with Crippen LogP contribution in [0.1, 0.15) is 18.9 Å². The van der Waals surface area contributed by atoms with Gasteiger partial charge in [0.05, 0.1) is 17.9 Å². The Hall–Kier alpha value is -0.384. The van der Waals surface area contributed by atoms with E-state index in [1.54, 1.807) is 0 Å². The van der Waals surface area contributed by atoms with E-state index in [1.807, 2.05) is 37.3 Å². The monoisotopic (exact) mass is 370 g/mol. The Bertz CT molecular complexity index is 730. The number of thioether (sulfide) groups is 1. The minimum Gasteiger partial charge on any atom is -0.548 e. The molecule has 1 saturated carbocycles. The van der Waals surface area contributed by atoms with Gasteiger partial charge in [0.1, 0.15) is 11.4 Å². The van der Waals surface area contributed by atoms with E-state index in [4.69, 9.17) is 0 Å². The molecule has 4 rings (SSSR count). The van der Waals surface area contributed by atoms with Gasteiger partial charge in [-0.25, -0.2) is 0 Å². The van der Waals surface area contributed by atoms with Gasteiger partial charge in [0.25, 0.3) is 0 Å². The van der Waals surface area contributed by atoms with Crippen LogP contribution in [0.3, 0.4) is 0 Å². The number of carboxylic acid groups (broad SMARTS) is 1. The molecule has 2 amide bonds. The molecule has 1 N–H and O–H groups in total. The molecule has 0 aromatic heterocycles. The quantitative estimate of drug-likeness (QED) is 0.435. The first-order chi connectivity index (χ1) is 10.9. The van der Waals surface area contributed by atoms with Crippen molar-refractivity contribution in [3.05, 3.63) is 35.9 Å². The van der Waals surface area contributed by atoms with E-state index in [9.17, 15) is 19.5 Å². The van der Waals surface area contributed by atoms with Crippen molar-refractivity contribution >= 4 is 29.5 Å². The van der Waals surface area contributed by atoms with Crippen LogP contribution in [0.5, 0.6) is 0 Å². The van der Waals surface area contributed by atoms with E-state index in [1.165, 1.54) is 16.7 Å². The zero-order valence-electron chi connectivity index (χ0n) is 13.4. The summed E-state index contributed by atoms with van der Waals surface area (Å²) < 4.78 is -0.495. The number of benzene rings is 1. The number of aliphatic carboxylic acids is 1. The normalized spacial score (nSPS) is 35.2. The van der Waals surface area contributed by atoms with E-state index >= 15 is 0 Å². The maximum Gasteiger partial charge on any atom is 1.00 e. The van der Waals surface area contributed by atoms with Crippen molar-refractivity contribution in [2.24, 2.45) is 0 Å². The van der Waals surface area contributed by atoms with E-state index in [-0.39, 0.29) is 75.0 Å². The Morgan fingerprint density at radius 3 is 2.67 bits per heavy atom. The van der Waals surface area contributed by atoms with Crippen LogP contribution in [0.25, 0.3) is 0 Å². The molecule has 2 aliphatic heterocycles. The van der Waals surface area contributed by atoms with Crippen molar-refractivity contribution in [2.75, 3.05) is 0 Å². The summed E-state index contributed by atoms with van der Waals surface area (Å²) in [4.78, 5) is 37.3. The fraction of sp³-hybridized carbons (Fsp3) is 0.438. The molecule has 1 aliphatic carbocycles. The summed E-state index contributed by atoms with van der Waals surface area (Å²) >= 11 is 1.45. The maximum absolute atomic E-state index is 12.3. The minimum atomic E-state index is -1.20. The molecule has 0 spiro atoms. The molecule has 3 fully saturated rings. The van der Waals surface area contributed by atoms with Crippen molar-refractivity contribution in [3.63, 3.8) is 0 Å². The van der Waals surface area contributed by atoms with Crippen molar-refractivity contribution in [2.45, 2.75) is 41.5 Å². The van der Waals surface area contributed by atoms with Gasteiger partial charge in [-0.05, 0) is 18.9 Å². The zero-order chi connectivity index (χ0) is 16.4. The van der Waals surface area contributed by atoms with Crippen LogP contribution >= 0.6 is 11.8 Å². The number of nitrogens with zero attached hydrogens (tertiary/aromatic N) is 1. The average molecular weight is 370 g/mol. The Labute approximate surface area is 186 Å². The predicted molar refractivity (Wildman–Crippen MR) is 81.1 cm³/mol. The van der Waals surface area contributed by atoms with Crippen LogP contribution in [0.15, 0.2) is 30.3 Å². The third-order valence-electron chi connectivity index (χ3n) is 5.04. The predicted octanol–water partition coefficient (Wildman–Crippen LogP) is -3.72. The number of fused-ring (bicyclic) bond motifs is 3. The molecule has 8 heteroatoms. The Morgan fingerprint density at radius 1 is 1.38 bits per heavy atom. The topological polar surface area (TPSA) is 89.5 Å². The van der Waals surface area contributed by atoms with Crippen LogP contribution in [0.2, 0.25) is 0 Å². The van der Waals surface area contributed by atoms with Gasteiger partial charge in [0, 0.05) is 4.75 Å². The van der Waals surface area contributed by atoms with Crippen molar-refractivity contribution < 1.29 is 70.9 Å². The molecule has 1 aromatic rings. The Morgan fingerprint density at radius 2 is 2.04 bits per heavy atom. The van der Waals surface area contributed by atoms with Gasteiger partial charge >= 0.3 is 51.4 Å². The molecule has 3 aliphatic rings. The summed E-state index contributed by atoms with van der Waals surface area (Å²) in [7, 11) is 0. The second-order valence-electron chi connectivity index (χ2n) is 6.48. The van der Waals surface area contributed by atoms with E-state index in [0.29, 0.717) is 6.42 Å². The first-order valence-electron chi connectivity index (χ1n) is 7.45. The molecule has 120 valence electrons. The number of nitrogens with one attached hydrogen (secondary N) is 1. The first-order valence-corrected chi connectivity index (χ1v) is 8.33. The standard InChI is InChI=1S/C16H16N2O4S.K/c1-15-8-16(15,14(21)22)18-12(20)11(13(18)23-15)17-10(19)7-9-5-3-2-4-6-9;/h2-6,11,13H,7-8H2,1H3,(H,17,19)(H,21,22);/q;+1/p-1/t11-,13-,15+,16+;/m1./s1. The number of rotatable bonds is 4.